The Hall–Kier alpha value is -4.19. The van der Waals surface area contributed by atoms with Crippen molar-refractivity contribution in [1.29, 1.82) is 0 Å². The standard InChI is InChI=1S/C77H130O6/c1-4-7-10-13-16-19-22-25-28-31-33-34-35-36-37-38-39-40-41-42-44-46-49-52-55-58-61-64-67-70-76(79)82-73-74(72-81-75(78)69-66-63-60-57-54-51-48-45-30-27-24-21-18-15-12-9-6-3)83-77(80)71-68-65-62-59-56-53-50-47-43-32-29-26-23-20-17-14-11-8-5-2/h8,11,17,20,22,25-27,29-31,33,35-36,43,47,53,56,62,65,74H,4-7,9-10,12-16,18-19,21,23-24,28,32,34,37-42,44-46,48-52,54-55,57-61,63-64,66-73H2,1-3H3/b11-8-,20-17-,25-22-,29-26-,30-27-,33-31-,36-35-,47-43-,56-53-,65-62-. The molecule has 0 fully saturated rings. The highest BCUT2D eigenvalue weighted by Crippen LogP contribution is 2.16. The molecule has 0 heterocycles. The Kier molecular flexibility index (Phi) is 66.7. The molecule has 0 aromatic rings. The van der Waals surface area contributed by atoms with Crippen molar-refractivity contribution in [3.05, 3.63) is 122 Å². The van der Waals surface area contributed by atoms with Gasteiger partial charge in [0.25, 0.3) is 0 Å². The number of allylic oxidation sites excluding steroid dienone is 20. The van der Waals surface area contributed by atoms with Gasteiger partial charge in [0, 0.05) is 19.3 Å². The summed E-state index contributed by atoms with van der Waals surface area (Å²) in [5.74, 6) is -0.991. The molecule has 474 valence electrons. The predicted molar refractivity (Wildman–Crippen MR) is 362 cm³/mol. The van der Waals surface area contributed by atoms with E-state index < -0.39 is 12.1 Å². The molecule has 0 aliphatic heterocycles. The largest absolute Gasteiger partial charge is 0.462 e. The van der Waals surface area contributed by atoms with Crippen molar-refractivity contribution in [1.82, 2.24) is 0 Å². The van der Waals surface area contributed by atoms with Gasteiger partial charge in [0.1, 0.15) is 13.2 Å². The molecule has 0 spiro atoms. The van der Waals surface area contributed by atoms with Gasteiger partial charge in [-0.3, -0.25) is 14.4 Å². The van der Waals surface area contributed by atoms with Gasteiger partial charge in [-0.2, -0.15) is 0 Å². The summed E-state index contributed by atoms with van der Waals surface area (Å²) in [6, 6.07) is 0. The summed E-state index contributed by atoms with van der Waals surface area (Å²) in [5, 5.41) is 0. The third-order valence-electron chi connectivity index (χ3n) is 14.9. The Morgan fingerprint density at radius 3 is 0.795 bits per heavy atom. The zero-order valence-corrected chi connectivity index (χ0v) is 54.4. The molecule has 0 aromatic carbocycles. The Labute approximate surface area is 513 Å². The molecule has 0 bridgehead atoms. The Bertz CT molecular complexity index is 1700. The zero-order valence-electron chi connectivity index (χ0n) is 54.4. The van der Waals surface area contributed by atoms with E-state index in [1.54, 1.807) is 0 Å². The fourth-order valence-corrected chi connectivity index (χ4v) is 9.71. The van der Waals surface area contributed by atoms with Crippen LogP contribution in [0.4, 0.5) is 0 Å². The van der Waals surface area contributed by atoms with E-state index in [4.69, 9.17) is 14.2 Å². The van der Waals surface area contributed by atoms with E-state index in [1.807, 2.05) is 6.08 Å². The second-order valence-corrected chi connectivity index (χ2v) is 23.1. The van der Waals surface area contributed by atoms with Crippen molar-refractivity contribution in [3.63, 3.8) is 0 Å². The van der Waals surface area contributed by atoms with Crippen molar-refractivity contribution in [2.24, 2.45) is 0 Å². The van der Waals surface area contributed by atoms with E-state index in [0.717, 1.165) is 89.9 Å². The third kappa shape index (κ3) is 68.5. The van der Waals surface area contributed by atoms with Gasteiger partial charge in [-0.1, -0.05) is 309 Å². The van der Waals surface area contributed by atoms with Crippen LogP contribution in [0.3, 0.4) is 0 Å². The molecule has 1 unspecified atom stereocenters. The van der Waals surface area contributed by atoms with Crippen LogP contribution >= 0.6 is 0 Å². The number of esters is 3. The van der Waals surface area contributed by atoms with Crippen LogP contribution in [0, 0.1) is 0 Å². The minimum atomic E-state index is -0.825. The Morgan fingerprint density at radius 2 is 0.494 bits per heavy atom. The van der Waals surface area contributed by atoms with Crippen LogP contribution in [0.15, 0.2) is 122 Å². The summed E-state index contributed by atoms with van der Waals surface area (Å²) in [6.45, 7) is 6.47. The fourth-order valence-electron chi connectivity index (χ4n) is 9.71. The predicted octanol–water partition coefficient (Wildman–Crippen LogP) is 24.3. The molecule has 0 aliphatic rings. The molecule has 83 heavy (non-hydrogen) atoms. The van der Waals surface area contributed by atoms with Crippen molar-refractivity contribution < 1.29 is 28.6 Å². The van der Waals surface area contributed by atoms with E-state index in [-0.39, 0.29) is 31.6 Å². The lowest BCUT2D eigenvalue weighted by Gasteiger charge is -2.18. The number of ether oxygens (including phenoxy) is 3. The lowest BCUT2D eigenvalue weighted by Crippen LogP contribution is -2.30. The van der Waals surface area contributed by atoms with Gasteiger partial charge in [-0.15, -0.1) is 0 Å². The lowest BCUT2D eigenvalue weighted by atomic mass is 10.0. The minimum Gasteiger partial charge on any atom is -0.462 e. The second kappa shape index (κ2) is 70.3. The van der Waals surface area contributed by atoms with Crippen LogP contribution in [0.2, 0.25) is 0 Å². The second-order valence-electron chi connectivity index (χ2n) is 23.1. The highest BCUT2D eigenvalue weighted by Gasteiger charge is 2.19. The van der Waals surface area contributed by atoms with Gasteiger partial charge in [0.15, 0.2) is 6.10 Å². The normalized spacial score (nSPS) is 12.9. The highest BCUT2D eigenvalue weighted by molar-refractivity contribution is 5.71. The van der Waals surface area contributed by atoms with Crippen molar-refractivity contribution in [2.75, 3.05) is 13.2 Å². The summed E-state index contributed by atoms with van der Waals surface area (Å²) in [6.07, 6.45) is 98.1. The smallest absolute Gasteiger partial charge is 0.306 e. The topological polar surface area (TPSA) is 78.9 Å². The van der Waals surface area contributed by atoms with E-state index in [9.17, 15) is 14.4 Å². The van der Waals surface area contributed by atoms with Gasteiger partial charge >= 0.3 is 17.9 Å². The molecule has 0 saturated carbocycles. The van der Waals surface area contributed by atoms with Gasteiger partial charge in [-0.05, 0) is 122 Å². The van der Waals surface area contributed by atoms with E-state index in [0.29, 0.717) is 19.3 Å². The van der Waals surface area contributed by atoms with Gasteiger partial charge in [0.2, 0.25) is 0 Å². The number of hydrogen-bond donors (Lipinski definition) is 0. The van der Waals surface area contributed by atoms with Crippen molar-refractivity contribution in [3.8, 4) is 0 Å². The molecule has 0 radical (unpaired) electrons. The van der Waals surface area contributed by atoms with Gasteiger partial charge in [0.05, 0.1) is 0 Å². The van der Waals surface area contributed by atoms with Gasteiger partial charge in [-0.25, -0.2) is 0 Å². The molecular formula is C77H130O6. The first-order valence-corrected chi connectivity index (χ1v) is 35.0. The minimum absolute atomic E-state index is 0.111. The van der Waals surface area contributed by atoms with Crippen LogP contribution in [0.25, 0.3) is 0 Å². The fraction of sp³-hybridized carbons (Fsp3) is 0.701. The molecule has 0 saturated heterocycles. The molecule has 0 rings (SSSR count). The first-order valence-electron chi connectivity index (χ1n) is 35.0. The average molecular weight is 1150 g/mol. The maximum atomic E-state index is 12.9. The first-order chi connectivity index (χ1) is 41.0. The molecule has 1 atom stereocenters. The van der Waals surface area contributed by atoms with Crippen LogP contribution in [0.1, 0.15) is 329 Å². The maximum Gasteiger partial charge on any atom is 0.306 e. The van der Waals surface area contributed by atoms with Crippen molar-refractivity contribution in [2.45, 2.75) is 335 Å². The number of rotatable bonds is 63. The molecular weight excluding hydrogens is 1020 g/mol. The molecule has 0 N–H and O–H groups in total. The third-order valence-corrected chi connectivity index (χ3v) is 14.9. The quantitative estimate of drug-likeness (QED) is 0.0261. The van der Waals surface area contributed by atoms with E-state index in [2.05, 4.69) is 136 Å². The number of unbranched alkanes of at least 4 members (excludes halogenated alkanes) is 32. The highest BCUT2D eigenvalue weighted by atomic mass is 16.6. The van der Waals surface area contributed by atoms with E-state index in [1.165, 1.54) is 193 Å². The monoisotopic (exact) mass is 1150 g/mol. The molecule has 0 aliphatic carbocycles. The van der Waals surface area contributed by atoms with Gasteiger partial charge < -0.3 is 14.2 Å². The van der Waals surface area contributed by atoms with Crippen LogP contribution < -0.4 is 0 Å². The van der Waals surface area contributed by atoms with Crippen LogP contribution in [0.5, 0.6) is 0 Å². The number of hydrogen-bond acceptors (Lipinski definition) is 6. The summed E-state index contributed by atoms with van der Waals surface area (Å²) >= 11 is 0. The van der Waals surface area contributed by atoms with E-state index >= 15 is 0 Å². The Morgan fingerprint density at radius 1 is 0.253 bits per heavy atom. The average Bonchev–Trinajstić information content (AvgIpc) is 3.49. The summed E-state index contributed by atoms with van der Waals surface area (Å²) in [7, 11) is 0. The van der Waals surface area contributed by atoms with Crippen LogP contribution in [-0.2, 0) is 28.6 Å². The molecule has 6 heteroatoms. The molecule has 0 aromatic heterocycles. The number of carbonyl (C=O) groups excluding carboxylic acids is 3. The number of carbonyl (C=O) groups is 3. The summed E-state index contributed by atoms with van der Waals surface area (Å²) < 4.78 is 16.9. The first kappa shape index (κ1) is 78.8. The summed E-state index contributed by atoms with van der Waals surface area (Å²) in [4.78, 5) is 38.4. The summed E-state index contributed by atoms with van der Waals surface area (Å²) in [5.41, 5.74) is 0. The SMILES string of the molecule is CC/C=C\C/C=C\C/C=C\C/C=C\C/C=C\C/C=C\CCC(=O)OC(COC(=O)CCCCCCCCC/C=C\CCCCCCCC)COC(=O)CCCCCCCCCCCCCCCC/C=C\C/C=C\C/C=C\CCCCCCC. The van der Waals surface area contributed by atoms with Crippen molar-refractivity contribution >= 4 is 17.9 Å². The maximum absolute atomic E-state index is 12.9. The zero-order chi connectivity index (χ0) is 59.9. The molecule has 0 amide bonds. The van der Waals surface area contributed by atoms with Crippen LogP contribution in [-0.4, -0.2) is 37.2 Å². The molecule has 6 nitrogen and oxygen atoms in total. The Balaban J connectivity index is 4.39. The lowest BCUT2D eigenvalue weighted by molar-refractivity contribution is -0.166.